The molecule has 0 aliphatic carbocycles. The number of ether oxygens (including phenoxy) is 3. The van der Waals surface area contributed by atoms with Gasteiger partial charge in [0.25, 0.3) is 0 Å². The summed E-state index contributed by atoms with van der Waals surface area (Å²) in [6.45, 7) is 2.67. The van der Waals surface area contributed by atoms with E-state index in [1.54, 1.807) is 20.3 Å². The van der Waals surface area contributed by atoms with Crippen LogP contribution in [0.2, 0.25) is 0 Å². The Balaban J connectivity index is 1.64. The Morgan fingerprint density at radius 3 is 2.77 bits per heavy atom. The molecule has 156 valence electrons. The van der Waals surface area contributed by atoms with Crippen molar-refractivity contribution in [3.63, 3.8) is 0 Å². The van der Waals surface area contributed by atoms with E-state index in [4.69, 9.17) is 14.2 Å². The third kappa shape index (κ3) is 5.61. The van der Waals surface area contributed by atoms with E-state index in [9.17, 15) is 4.79 Å². The van der Waals surface area contributed by atoms with Crippen LogP contribution in [0.3, 0.4) is 0 Å². The van der Waals surface area contributed by atoms with Gasteiger partial charge in [0.2, 0.25) is 5.91 Å². The predicted octanol–water partition coefficient (Wildman–Crippen LogP) is 5.27. The number of benzene rings is 2. The van der Waals surface area contributed by atoms with Crippen LogP contribution in [-0.4, -0.2) is 31.7 Å². The molecule has 0 spiro atoms. The number of nitrogens with one attached hydrogen (secondary N) is 1. The van der Waals surface area contributed by atoms with Gasteiger partial charge < -0.3 is 14.2 Å². The van der Waals surface area contributed by atoms with E-state index in [0.717, 1.165) is 29.0 Å². The van der Waals surface area contributed by atoms with Crippen molar-refractivity contribution in [2.75, 3.05) is 26.1 Å². The molecular formula is C23H24N2O4S. The van der Waals surface area contributed by atoms with Crippen LogP contribution in [0.4, 0.5) is 5.13 Å². The third-order valence-corrected chi connectivity index (χ3v) is 4.93. The second-order valence-electron chi connectivity index (χ2n) is 6.35. The summed E-state index contributed by atoms with van der Waals surface area (Å²) in [5, 5.41) is 5.22. The van der Waals surface area contributed by atoms with Gasteiger partial charge in [0.15, 0.2) is 16.6 Å². The second-order valence-corrected chi connectivity index (χ2v) is 7.21. The van der Waals surface area contributed by atoms with Gasteiger partial charge in [-0.05, 0) is 42.3 Å². The largest absolute Gasteiger partial charge is 0.497 e. The van der Waals surface area contributed by atoms with E-state index in [-0.39, 0.29) is 5.91 Å². The van der Waals surface area contributed by atoms with Crippen LogP contribution in [0.5, 0.6) is 17.2 Å². The van der Waals surface area contributed by atoms with E-state index >= 15 is 0 Å². The Bertz CT molecular complexity index is 1030. The zero-order valence-corrected chi connectivity index (χ0v) is 18.0. The quantitative estimate of drug-likeness (QED) is 0.474. The van der Waals surface area contributed by atoms with Gasteiger partial charge in [-0.1, -0.05) is 25.1 Å². The number of carbonyl (C=O) groups is 1. The molecule has 7 heteroatoms. The lowest BCUT2D eigenvalue weighted by molar-refractivity contribution is -0.111. The lowest BCUT2D eigenvalue weighted by Crippen LogP contribution is -2.07. The van der Waals surface area contributed by atoms with Crippen molar-refractivity contribution in [3.05, 3.63) is 59.5 Å². The zero-order chi connectivity index (χ0) is 21.3. The first kappa shape index (κ1) is 21.4. The fourth-order valence-electron chi connectivity index (χ4n) is 2.68. The van der Waals surface area contributed by atoms with E-state index in [1.165, 1.54) is 17.4 Å². The minimum atomic E-state index is -0.258. The van der Waals surface area contributed by atoms with Crippen molar-refractivity contribution in [1.82, 2.24) is 4.98 Å². The number of rotatable bonds is 9. The summed E-state index contributed by atoms with van der Waals surface area (Å²) in [6.07, 6.45) is 4.10. The third-order valence-electron chi connectivity index (χ3n) is 4.18. The molecule has 0 aliphatic rings. The molecule has 0 aliphatic heterocycles. The molecular weight excluding hydrogens is 400 g/mol. The number of hydrogen-bond donors (Lipinski definition) is 1. The van der Waals surface area contributed by atoms with E-state index in [2.05, 4.69) is 10.3 Å². The molecule has 0 saturated carbocycles. The molecule has 0 saturated heterocycles. The maximum absolute atomic E-state index is 12.3. The average Bonchev–Trinajstić information content (AvgIpc) is 3.25. The van der Waals surface area contributed by atoms with Crippen LogP contribution in [0.15, 0.2) is 53.9 Å². The van der Waals surface area contributed by atoms with Crippen molar-refractivity contribution < 1.29 is 19.0 Å². The number of methoxy groups -OCH3 is 2. The highest BCUT2D eigenvalue weighted by molar-refractivity contribution is 7.14. The maximum Gasteiger partial charge on any atom is 0.250 e. The molecule has 0 radical (unpaired) electrons. The normalized spacial score (nSPS) is 10.8. The van der Waals surface area contributed by atoms with Crippen molar-refractivity contribution in [3.8, 4) is 28.5 Å². The molecule has 30 heavy (non-hydrogen) atoms. The Morgan fingerprint density at radius 1 is 1.13 bits per heavy atom. The van der Waals surface area contributed by atoms with Gasteiger partial charge in [0, 0.05) is 17.0 Å². The van der Waals surface area contributed by atoms with Gasteiger partial charge in [0.05, 0.1) is 26.5 Å². The molecule has 3 aromatic rings. The van der Waals surface area contributed by atoms with Gasteiger partial charge in [0.1, 0.15) is 5.75 Å². The van der Waals surface area contributed by atoms with Crippen molar-refractivity contribution >= 4 is 28.5 Å². The lowest BCUT2D eigenvalue weighted by atomic mass is 10.2. The topological polar surface area (TPSA) is 69.7 Å². The molecule has 0 unspecified atom stereocenters. The van der Waals surface area contributed by atoms with E-state index in [1.807, 2.05) is 54.8 Å². The van der Waals surface area contributed by atoms with Crippen LogP contribution >= 0.6 is 11.3 Å². The molecule has 3 rings (SSSR count). The summed E-state index contributed by atoms with van der Waals surface area (Å²) >= 11 is 1.37. The fraction of sp³-hybridized carbons (Fsp3) is 0.217. The zero-order valence-electron chi connectivity index (χ0n) is 17.2. The molecule has 0 bridgehead atoms. The summed E-state index contributed by atoms with van der Waals surface area (Å²) in [5.41, 5.74) is 2.55. The molecule has 2 aromatic carbocycles. The standard InChI is InChI=1S/C23H24N2O4S/c1-4-12-29-20-10-8-16(13-21(20)28-3)9-11-22(26)25-23-24-19(15-30-23)17-6-5-7-18(14-17)27-2/h5-11,13-15H,4,12H2,1-3H3,(H,24,25,26)/b11-9+. The maximum atomic E-state index is 12.3. The van der Waals surface area contributed by atoms with Gasteiger partial charge >= 0.3 is 0 Å². The number of anilines is 1. The van der Waals surface area contributed by atoms with Crippen LogP contribution in [0, 0.1) is 0 Å². The number of nitrogens with zero attached hydrogens (tertiary/aromatic N) is 1. The van der Waals surface area contributed by atoms with Crippen molar-refractivity contribution in [1.29, 1.82) is 0 Å². The van der Waals surface area contributed by atoms with Crippen LogP contribution < -0.4 is 19.5 Å². The summed E-state index contributed by atoms with van der Waals surface area (Å²) in [4.78, 5) is 16.8. The van der Waals surface area contributed by atoms with Gasteiger partial charge in [-0.15, -0.1) is 11.3 Å². The number of hydrogen-bond acceptors (Lipinski definition) is 6. The molecule has 0 atom stereocenters. The first-order valence-corrected chi connectivity index (χ1v) is 10.4. The Labute approximate surface area is 180 Å². The molecule has 0 fully saturated rings. The van der Waals surface area contributed by atoms with Crippen LogP contribution in [0.25, 0.3) is 17.3 Å². The Morgan fingerprint density at radius 2 is 2.00 bits per heavy atom. The highest BCUT2D eigenvalue weighted by Gasteiger charge is 2.08. The fourth-order valence-corrected chi connectivity index (χ4v) is 3.41. The number of amides is 1. The van der Waals surface area contributed by atoms with Crippen LogP contribution in [-0.2, 0) is 4.79 Å². The first-order valence-electron chi connectivity index (χ1n) is 9.52. The smallest absolute Gasteiger partial charge is 0.250 e. The van der Waals surface area contributed by atoms with Gasteiger partial charge in [-0.3, -0.25) is 10.1 Å². The summed E-state index contributed by atoms with van der Waals surface area (Å²) in [6, 6.07) is 13.2. The Kier molecular flexibility index (Phi) is 7.45. The van der Waals surface area contributed by atoms with Crippen LogP contribution in [0.1, 0.15) is 18.9 Å². The predicted molar refractivity (Wildman–Crippen MR) is 121 cm³/mol. The van der Waals surface area contributed by atoms with Crippen molar-refractivity contribution in [2.24, 2.45) is 0 Å². The molecule has 1 N–H and O–H groups in total. The Hall–Kier alpha value is -3.32. The molecule has 6 nitrogen and oxygen atoms in total. The first-order chi connectivity index (χ1) is 14.6. The highest BCUT2D eigenvalue weighted by Crippen LogP contribution is 2.29. The molecule has 1 aromatic heterocycles. The summed E-state index contributed by atoms with van der Waals surface area (Å²) in [5.74, 6) is 1.82. The summed E-state index contributed by atoms with van der Waals surface area (Å²) < 4.78 is 16.3. The van der Waals surface area contributed by atoms with E-state index < -0.39 is 0 Å². The average molecular weight is 425 g/mol. The summed E-state index contributed by atoms with van der Waals surface area (Å²) in [7, 11) is 3.22. The van der Waals surface area contributed by atoms with Crippen molar-refractivity contribution in [2.45, 2.75) is 13.3 Å². The molecule has 1 heterocycles. The monoisotopic (exact) mass is 424 g/mol. The second kappa shape index (κ2) is 10.5. The number of aromatic nitrogens is 1. The molecule has 1 amide bonds. The van der Waals surface area contributed by atoms with Gasteiger partial charge in [-0.2, -0.15) is 0 Å². The number of thiazole rings is 1. The van der Waals surface area contributed by atoms with E-state index in [0.29, 0.717) is 23.2 Å². The number of carbonyl (C=O) groups excluding carboxylic acids is 1. The van der Waals surface area contributed by atoms with Gasteiger partial charge in [-0.25, -0.2) is 4.98 Å². The highest BCUT2D eigenvalue weighted by atomic mass is 32.1. The minimum absolute atomic E-state index is 0.258. The lowest BCUT2D eigenvalue weighted by Gasteiger charge is -2.10. The minimum Gasteiger partial charge on any atom is -0.497 e. The SMILES string of the molecule is CCCOc1ccc(/C=C/C(=O)Nc2nc(-c3cccc(OC)c3)cs2)cc1OC.